The van der Waals surface area contributed by atoms with Crippen molar-refractivity contribution in [2.75, 3.05) is 19.5 Å². The largest absolute Gasteiger partial charge is 0.496 e. The lowest BCUT2D eigenvalue weighted by Crippen LogP contribution is -2.13. The number of methoxy groups -OCH3 is 2. The molecule has 0 heterocycles. The highest BCUT2D eigenvalue weighted by Crippen LogP contribution is 2.24. The van der Waals surface area contributed by atoms with E-state index in [0.29, 0.717) is 38.9 Å². The summed E-state index contributed by atoms with van der Waals surface area (Å²) >= 11 is 5.98. The van der Waals surface area contributed by atoms with Crippen molar-refractivity contribution in [3.63, 3.8) is 0 Å². The molecule has 1 amide bonds. The molecule has 3 aromatic carbocycles. The van der Waals surface area contributed by atoms with Crippen molar-refractivity contribution in [3.8, 4) is 11.5 Å². The number of ether oxygens (including phenoxy) is 3. The molecule has 3 aromatic rings. The normalized spacial score (nSPS) is 10.2. The molecule has 0 fully saturated rings. The molecule has 0 atom stereocenters. The van der Waals surface area contributed by atoms with Gasteiger partial charge in [-0.25, -0.2) is 4.79 Å². The zero-order valence-electron chi connectivity index (χ0n) is 16.5. The van der Waals surface area contributed by atoms with Gasteiger partial charge in [0.25, 0.3) is 5.91 Å². The van der Waals surface area contributed by atoms with Gasteiger partial charge in [-0.2, -0.15) is 0 Å². The van der Waals surface area contributed by atoms with E-state index in [9.17, 15) is 9.59 Å². The average molecular weight is 426 g/mol. The molecule has 0 saturated carbocycles. The Balaban J connectivity index is 1.73. The number of amides is 1. The summed E-state index contributed by atoms with van der Waals surface area (Å²) in [5.41, 5.74) is 2.12. The van der Waals surface area contributed by atoms with Crippen molar-refractivity contribution in [1.29, 1.82) is 0 Å². The van der Waals surface area contributed by atoms with Gasteiger partial charge >= 0.3 is 5.97 Å². The Morgan fingerprint density at radius 2 is 1.67 bits per heavy atom. The molecular formula is C23H20ClNO5. The van der Waals surface area contributed by atoms with E-state index in [4.69, 9.17) is 21.1 Å². The first-order valence-corrected chi connectivity index (χ1v) is 9.43. The summed E-state index contributed by atoms with van der Waals surface area (Å²) in [5.74, 6) is 0.487. The Morgan fingerprint density at radius 3 is 2.33 bits per heavy atom. The van der Waals surface area contributed by atoms with Gasteiger partial charge in [-0.3, -0.25) is 4.79 Å². The molecule has 7 heteroatoms. The van der Waals surface area contributed by atoms with Crippen LogP contribution < -0.4 is 14.8 Å². The third-order valence-electron chi connectivity index (χ3n) is 4.30. The first kappa shape index (κ1) is 21.2. The summed E-state index contributed by atoms with van der Waals surface area (Å²) < 4.78 is 15.8. The molecule has 0 spiro atoms. The van der Waals surface area contributed by atoms with E-state index in [-0.39, 0.29) is 12.5 Å². The first-order chi connectivity index (χ1) is 14.5. The number of hydrogen-bond donors (Lipinski definition) is 1. The van der Waals surface area contributed by atoms with Crippen molar-refractivity contribution < 1.29 is 23.8 Å². The molecule has 30 heavy (non-hydrogen) atoms. The van der Waals surface area contributed by atoms with Crippen LogP contribution in [0.3, 0.4) is 0 Å². The topological polar surface area (TPSA) is 73.9 Å². The molecule has 154 valence electrons. The second kappa shape index (κ2) is 9.80. The van der Waals surface area contributed by atoms with Crippen LogP contribution in [0, 0.1) is 0 Å². The fraction of sp³-hybridized carbons (Fsp3) is 0.130. The number of benzene rings is 3. The Labute approximate surface area is 179 Å². The smallest absolute Gasteiger partial charge is 0.337 e. The Bertz CT molecular complexity index is 1050. The summed E-state index contributed by atoms with van der Waals surface area (Å²) in [5, 5.41) is 3.37. The predicted octanol–water partition coefficient (Wildman–Crippen LogP) is 4.97. The highest BCUT2D eigenvalue weighted by atomic mass is 35.5. The van der Waals surface area contributed by atoms with Crippen molar-refractivity contribution in [3.05, 3.63) is 88.4 Å². The number of rotatable bonds is 7. The molecule has 0 saturated heterocycles. The average Bonchev–Trinajstić information content (AvgIpc) is 2.77. The Kier molecular flexibility index (Phi) is 6.93. The summed E-state index contributed by atoms with van der Waals surface area (Å²) in [4.78, 5) is 24.2. The second-order valence-electron chi connectivity index (χ2n) is 6.30. The molecule has 6 nitrogen and oxygen atoms in total. The highest BCUT2D eigenvalue weighted by Gasteiger charge is 2.12. The maximum absolute atomic E-state index is 12.7. The molecular weight excluding hydrogens is 406 g/mol. The number of hydrogen-bond acceptors (Lipinski definition) is 5. The summed E-state index contributed by atoms with van der Waals surface area (Å²) in [6.07, 6.45) is 0. The van der Waals surface area contributed by atoms with E-state index in [1.807, 2.05) is 0 Å². The highest BCUT2D eigenvalue weighted by molar-refractivity contribution is 6.30. The fourth-order valence-electron chi connectivity index (χ4n) is 2.76. The van der Waals surface area contributed by atoms with Crippen LogP contribution in [0.1, 0.15) is 26.3 Å². The van der Waals surface area contributed by atoms with Crippen molar-refractivity contribution in [1.82, 2.24) is 0 Å². The van der Waals surface area contributed by atoms with Crippen LogP contribution in [0.4, 0.5) is 5.69 Å². The van der Waals surface area contributed by atoms with Crippen LogP contribution in [-0.4, -0.2) is 26.1 Å². The Morgan fingerprint density at radius 1 is 0.933 bits per heavy atom. The molecule has 1 N–H and O–H groups in total. The number of halogens is 1. The first-order valence-electron chi connectivity index (χ1n) is 9.05. The van der Waals surface area contributed by atoms with Crippen LogP contribution in [-0.2, 0) is 11.3 Å². The van der Waals surface area contributed by atoms with Gasteiger partial charge in [0.1, 0.15) is 18.1 Å². The van der Waals surface area contributed by atoms with Gasteiger partial charge in [-0.15, -0.1) is 0 Å². The number of carbonyl (C=O) groups is 2. The maximum atomic E-state index is 12.7. The van der Waals surface area contributed by atoms with Crippen molar-refractivity contribution >= 4 is 29.2 Å². The molecule has 0 radical (unpaired) electrons. The summed E-state index contributed by atoms with van der Waals surface area (Å²) in [6, 6.07) is 18.6. The minimum atomic E-state index is -0.438. The lowest BCUT2D eigenvalue weighted by atomic mass is 10.1. The van der Waals surface area contributed by atoms with E-state index in [1.165, 1.54) is 7.11 Å². The number of nitrogens with one attached hydrogen (secondary N) is 1. The molecule has 0 bridgehead atoms. The standard InChI is InChI=1S/C23H20ClNO5/c1-28-21-11-8-16(12-17(21)14-30-20-5-3-4-18(24)13-20)22(26)25-19-9-6-15(7-10-19)23(27)29-2/h3-13H,14H2,1-2H3,(H,25,26). The Hall–Kier alpha value is -3.51. The van der Waals surface area contributed by atoms with Crippen molar-refractivity contribution in [2.24, 2.45) is 0 Å². The lowest BCUT2D eigenvalue weighted by molar-refractivity contribution is 0.0600. The van der Waals surface area contributed by atoms with E-state index >= 15 is 0 Å². The predicted molar refractivity (Wildman–Crippen MR) is 115 cm³/mol. The molecule has 0 aromatic heterocycles. The molecule has 0 unspecified atom stereocenters. The van der Waals surface area contributed by atoms with Gasteiger partial charge in [0.2, 0.25) is 0 Å². The monoisotopic (exact) mass is 425 g/mol. The minimum Gasteiger partial charge on any atom is -0.496 e. The van der Waals surface area contributed by atoms with Gasteiger partial charge in [0.05, 0.1) is 19.8 Å². The number of anilines is 1. The zero-order chi connectivity index (χ0) is 21.5. The van der Waals surface area contributed by atoms with Gasteiger partial charge < -0.3 is 19.5 Å². The molecule has 0 aliphatic rings. The SMILES string of the molecule is COC(=O)c1ccc(NC(=O)c2ccc(OC)c(COc3cccc(Cl)c3)c2)cc1. The summed E-state index contributed by atoms with van der Waals surface area (Å²) in [6.45, 7) is 0.207. The number of carbonyl (C=O) groups excluding carboxylic acids is 2. The minimum absolute atomic E-state index is 0.207. The van der Waals surface area contributed by atoms with E-state index in [0.717, 1.165) is 0 Å². The molecule has 0 aliphatic heterocycles. The van der Waals surface area contributed by atoms with Crippen LogP contribution in [0.5, 0.6) is 11.5 Å². The zero-order valence-corrected chi connectivity index (χ0v) is 17.2. The van der Waals surface area contributed by atoms with Crippen LogP contribution >= 0.6 is 11.6 Å². The van der Waals surface area contributed by atoms with Crippen LogP contribution in [0.15, 0.2) is 66.7 Å². The van der Waals surface area contributed by atoms with Gasteiger partial charge in [-0.1, -0.05) is 17.7 Å². The van der Waals surface area contributed by atoms with Crippen LogP contribution in [0.2, 0.25) is 5.02 Å². The third-order valence-corrected chi connectivity index (χ3v) is 4.53. The molecule has 3 rings (SSSR count). The fourth-order valence-corrected chi connectivity index (χ4v) is 2.94. The van der Waals surface area contributed by atoms with Crippen molar-refractivity contribution in [2.45, 2.75) is 6.61 Å². The van der Waals surface area contributed by atoms with Gasteiger partial charge in [0.15, 0.2) is 0 Å². The second-order valence-corrected chi connectivity index (χ2v) is 6.73. The van der Waals surface area contributed by atoms with E-state index in [2.05, 4.69) is 10.1 Å². The van der Waals surface area contributed by atoms with E-state index < -0.39 is 5.97 Å². The van der Waals surface area contributed by atoms with E-state index in [1.54, 1.807) is 73.8 Å². The third kappa shape index (κ3) is 5.30. The quantitative estimate of drug-likeness (QED) is 0.541. The number of esters is 1. The van der Waals surface area contributed by atoms with Crippen LogP contribution in [0.25, 0.3) is 0 Å². The van der Waals surface area contributed by atoms with Gasteiger partial charge in [-0.05, 0) is 60.7 Å². The molecule has 0 aliphatic carbocycles. The van der Waals surface area contributed by atoms with Gasteiger partial charge in [0, 0.05) is 21.8 Å². The lowest BCUT2D eigenvalue weighted by Gasteiger charge is -2.13. The summed E-state index contributed by atoms with van der Waals surface area (Å²) in [7, 11) is 2.87. The maximum Gasteiger partial charge on any atom is 0.337 e.